The zero-order valence-electron chi connectivity index (χ0n) is 19.3. The molecule has 0 atom stereocenters. The van der Waals surface area contributed by atoms with Crippen LogP contribution < -0.4 is 9.47 Å². The monoisotopic (exact) mass is 445 g/mol. The Morgan fingerprint density at radius 1 is 0.912 bits per heavy atom. The van der Waals surface area contributed by atoms with Crippen molar-refractivity contribution in [2.75, 3.05) is 6.61 Å². The third-order valence-electron chi connectivity index (χ3n) is 5.54. The van der Waals surface area contributed by atoms with Gasteiger partial charge in [0.15, 0.2) is 11.5 Å². The third kappa shape index (κ3) is 5.36. The Balaban J connectivity index is 1.73. The third-order valence-corrected chi connectivity index (χ3v) is 5.54. The van der Waals surface area contributed by atoms with E-state index in [0.29, 0.717) is 36.7 Å². The van der Waals surface area contributed by atoms with Crippen LogP contribution in [0.25, 0.3) is 22.4 Å². The van der Waals surface area contributed by atoms with Crippen LogP contribution in [0.5, 0.6) is 11.5 Å². The molecule has 0 aromatic heterocycles. The molecule has 0 bridgehead atoms. The summed E-state index contributed by atoms with van der Waals surface area (Å²) >= 11 is 0. The summed E-state index contributed by atoms with van der Waals surface area (Å²) in [7, 11) is 0. The van der Waals surface area contributed by atoms with Crippen LogP contribution in [0, 0.1) is 11.3 Å². The molecule has 0 unspecified atom stereocenters. The molecule has 0 aliphatic heterocycles. The summed E-state index contributed by atoms with van der Waals surface area (Å²) in [5.41, 5.74) is 4.42. The summed E-state index contributed by atoms with van der Waals surface area (Å²) < 4.78 is 12.2. The number of fused-ring (bicyclic) bond motifs is 1. The van der Waals surface area contributed by atoms with Gasteiger partial charge >= 0.3 is 0 Å². The lowest BCUT2D eigenvalue weighted by atomic mass is 9.98. The number of hydrogen-bond acceptors (Lipinski definition) is 3. The summed E-state index contributed by atoms with van der Waals surface area (Å²) in [6, 6.07) is 30.6. The fraction of sp³-hybridized carbons (Fsp3) is 0.129. The first-order valence-electron chi connectivity index (χ1n) is 11.4. The van der Waals surface area contributed by atoms with Gasteiger partial charge in [-0.3, -0.25) is 0 Å². The van der Waals surface area contributed by atoms with Crippen molar-refractivity contribution in [1.29, 1.82) is 5.26 Å². The van der Waals surface area contributed by atoms with Gasteiger partial charge in [0.05, 0.1) is 18.2 Å². The first-order valence-corrected chi connectivity index (χ1v) is 11.4. The molecule has 3 nitrogen and oxygen atoms in total. The molecule has 0 radical (unpaired) electrons. The molecule has 0 aliphatic carbocycles. The van der Waals surface area contributed by atoms with Crippen LogP contribution in [-0.4, -0.2) is 6.61 Å². The molecule has 0 fully saturated rings. The first-order chi connectivity index (χ1) is 16.7. The van der Waals surface area contributed by atoms with Crippen molar-refractivity contribution in [3.8, 4) is 17.6 Å². The number of nitriles is 1. The molecule has 0 saturated carbocycles. The highest BCUT2D eigenvalue weighted by atomic mass is 16.5. The van der Waals surface area contributed by atoms with Crippen LogP contribution in [0.2, 0.25) is 0 Å². The lowest BCUT2D eigenvalue weighted by Crippen LogP contribution is -2.03. The minimum atomic E-state index is 0.445. The van der Waals surface area contributed by atoms with E-state index in [1.807, 2.05) is 85.8 Å². The second kappa shape index (κ2) is 11.0. The Kier molecular flexibility index (Phi) is 7.42. The fourth-order valence-electron chi connectivity index (χ4n) is 3.93. The van der Waals surface area contributed by atoms with Crippen molar-refractivity contribution >= 4 is 22.4 Å². The molecule has 4 aromatic carbocycles. The van der Waals surface area contributed by atoms with Gasteiger partial charge < -0.3 is 9.47 Å². The Bertz CT molecular complexity index is 1360. The van der Waals surface area contributed by atoms with Crippen molar-refractivity contribution in [3.05, 3.63) is 120 Å². The number of allylic oxidation sites excluding steroid dienone is 2. The minimum Gasteiger partial charge on any atom is -0.490 e. The molecule has 0 saturated heterocycles. The molecule has 168 valence electrons. The average molecular weight is 446 g/mol. The first kappa shape index (κ1) is 22.9. The van der Waals surface area contributed by atoms with Gasteiger partial charge in [-0.25, -0.2) is 0 Å². The lowest BCUT2D eigenvalue weighted by Gasteiger charge is -2.17. The largest absolute Gasteiger partial charge is 0.490 e. The number of benzene rings is 4. The van der Waals surface area contributed by atoms with E-state index >= 15 is 0 Å². The van der Waals surface area contributed by atoms with Gasteiger partial charge in [0.1, 0.15) is 6.61 Å². The van der Waals surface area contributed by atoms with Gasteiger partial charge in [-0.1, -0.05) is 72.8 Å². The highest BCUT2D eigenvalue weighted by Gasteiger charge is 2.14. The van der Waals surface area contributed by atoms with E-state index in [4.69, 9.17) is 9.47 Å². The van der Waals surface area contributed by atoms with E-state index in [1.54, 1.807) is 0 Å². The zero-order chi connectivity index (χ0) is 23.8. The van der Waals surface area contributed by atoms with Gasteiger partial charge in [-0.2, -0.15) is 5.26 Å². The normalized spacial score (nSPS) is 11.1. The van der Waals surface area contributed by atoms with E-state index in [0.717, 1.165) is 33.0 Å². The molecular weight excluding hydrogens is 418 g/mol. The Morgan fingerprint density at radius 2 is 1.68 bits per heavy atom. The molecule has 0 N–H and O–H groups in total. The zero-order valence-corrected chi connectivity index (χ0v) is 19.3. The van der Waals surface area contributed by atoms with Crippen LogP contribution in [0.15, 0.2) is 97.6 Å². The number of rotatable bonds is 9. The molecule has 0 aliphatic rings. The van der Waals surface area contributed by atoms with Crippen LogP contribution in [0.3, 0.4) is 0 Å². The van der Waals surface area contributed by atoms with Crippen LogP contribution in [-0.2, 0) is 13.0 Å². The Hall–Kier alpha value is -4.29. The number of hydrogen-bond donors (Lipinski definition) is 0. The van der Waals surface area contributed by atoms with E-state index in [9.17, 15) is 5.26 Å². The van der Waals surface area contributed by atoms with Gasteiger partial charge in [-0.15, -0.1) is 6.58 Å². The SMILES string of the molecule is C=CCc1cc(/C=C(/C#N)c2ccc3ccccc3c2)cc(OCC)c1OCc1ccccc1. The topological polar surface area (TPSA) is 42.2 Å². The Morgan fingerprint density at radius 3 is 2.41 bits per heavy atom. The lowest BCUT2D eigenvalue weighted by molar-refractivity contribution is 0.267. The molecule has 4 aromatic rings. The molecule has 0 spiro atoms. The smallest absolute Gasteiger partial charge is 0.165 e. The molecule has 0 heterocycles. The maximum atomic E-state index is 9.93. The molecular formula is C31H27NO2. The fourth-order valence-corrected chi connectivity index (χ4v) is 3.93. The van der Waals surface area contributed by atoms with Gasteiger partial charge in [0.25, 0.3) is 0 Å². The van der Waals surface area contributed by atoms with E-state index < -0.39 is 0 Å². The van der Waals surface area contributed by atoms with Crippen LogP contribution in [0.4, 0.5) is 0 Å². The number of ether oxygens (including phenoxy) is 2. The van der Waals surface area contributed by atoms with Gasteiger partial charge in [0, 0.05) is 5.56 Å². The number of nitrogens with zero attached hydrogens (tertiary/aromatic N) is 1. The second-order valence-electron chi connectivity index (χ2n) is 7.94. The summed E-state index contributed by atoms with van der Waals surface area (Å²) in [6.45, 7) is 6.82. The second-order valence-corrected chi connectivity index (χ2v) is 7.94. The molecule has 0 amide bonds. The maximum Gasteiger partial charge on any atom is 0.165 e. The maximum absolute atomic E-state index is 9.93. The van der Waals surface area contributed by atoms with E-state index in [1.165, 1.54) is 0 Å². The predicted molar refractivity (Wildman–Crippen MR) is 140 cm³/mol. The highest BCUT2D eigenvalue weighted by Crippen LogP contribution is 2.36. The van der Waals surface area contributed by atoms with Crippen molar-refractivity contribution in [3.63, 3.8) is 0 Å². The van der Waals surface area contributed by atoms with Gasteiger partial charge in [-0.05, 0) is 65.1 Å². The summed E-state index contributed by atoms with van der Waals surface area (Å²) in [5.74, 6) is 1.38. The highest BCUT2D eigenvalue weighted by molar-refractivity contribution is 5.94. The molecule has 3 heteroatoms. The van der Waals surface area contributed by atoms with Crippen LogP contribution in [0.1, 0.15) is 29.2 Å². The summed E-state index contributed by atoms with van der Waals surface area (Å²) in [4.78, 5) is 0. The van der Waals surface area contributed by atoms with Crippen LogP contribution >= 0.6 is 0 Å². The van der Waals surface area contributed by atoms with Crippen molar-refractivity contribution < 1.29 is 9.47 Å². The molecule has 34 heavy (non-hydrogen) atoms. The summed E-state index contributed by atoms with van der Waals surface area (Å²) in [5, 5.41) is 12.2. The Labute approximate surface area is 201 Å². The predicted octanol–water partition coefficient (Wildman–Crippen LogP) is 7.61. The quantitative estimate of drug-likeness (QED) is 0.151. The van der Waals surface area contributed by atoms with Gasteiger partial charge in [0.2, 0.25) is 0 Å². The van der Waals surface area contributed by atoms with E-state index in [-0.39, 0.29) is 0 Å². The average Bonchev–Trinajstić information content (AvgIpc) is 2.87. The van der Waals surface area contributed by atoms with Crippen molar-refractivity contribution in [1.82, 2.24) is 0 Å². The van der Waals surface area contributed by atoms with Crippen molar-refractivity contribution in [2.45, 2.75) is 20.0 Å². The van der Waals surface area contributed by atoms with E-state index in [2.05, 4.69) is 30.8 Å². The standard InChI is InChI=1S/C31H27NO2/c1-3-10-28-17-24(18-29(21-32)27-16-15-25-13-8-9-14-26(25)20-27)19-30(33-4-2)31(28)34-22-23-11-6-5-7-12-23/h3,5-9,11-20H,1,4,10,22H2,2H3/b29-18-. The summed E-state index contributed by atoms with van der Waals surface area (Å²) in [6.07, 6.45) is 4.38. The minimum absolute atomic E-state index is 0.445. The van der Waals surface area contributed by atoms with Crippen molar-refractivity contribution in [2.24, 2.45) is 0 Å². The molecule has 4 rings (SSSR count).